The van der Waals surface area contributed by atoms with Crippen LogP contribution in [0.2, 0.25) is 0 Å². The van der Waals surface area contributed by atoms with E-state index in [0.29, 0.717) is 18.4 Å². The number of aliphatic hydroxyl groups is 1. The van der Waals surface area contributed by atoms with Gasteiger partial charge in [-0.15, -0.1) is 0 Å². The molecule has 1 N–H and O–H groups in total. The maximum absolute atomic E-state index is 12.1. The summed E-state index contributed by atoms with van der Waals surface area (Å²) in [6.45, 7) is -1.40. The molecule has 122 valence electrons. The van der Waals surface area contributed by atoms with Gasteiger partial charge >= 0.3 is 6.18 Å². The topological polar surface area (TPSA) is 59.4 Å². The van der Waals surface area contributed by atoms with E-state index in [0.717, 1.165) is 12.8 Å². The average molecular weight is 335 g/mol. The highest BCUT2D eigenvalue weighted by Gasteiger charge is 2.48. The van der Waals surface area contributed by atoms with Crippen LogP contribution in [0.15, 0.2) is 18.3 Å². The first kappa shape index (κ1) is 15.7. The summed E-state index contributed by atoms with van der Waals surface area (Å²) in [7, 11) is -0.886. The van der Waals surface area contributed by atoms with E-state index in [1.54, 1.807) is 0 Å². The van der Waals surface area contributed by atoms with Gasteiger partial charge in [0.05, 0.1) is 5.60 Å². The number of hydrogen-bond donors (Lipinski definition) is 1. The molecule has 0 amide bonds. The van der Waals surface area contributed by atoms with E-state index in [9.17, 15) is 22.5 Å². The minimum atomic E-state index is -4.41. The van der Waals surface area contributed by atoms with Crippen LogP contribution in [0.4, 0.5) is 13.2 Å². The Hall–Kier alpha value is -1.15. The third-order valence-electron chi connectivity index (χ3n) is 4.26. The van der Waals surface area contributed by atoms with Gasteiger partial charge in [-0.3, -0.25) is 4.21 Å². The Labute approximate surface area is 128 Å². The molecule has 1 aromatic heterocycles. The number of rotatable bonds is 3. The van der Waals surface area contributed by atoms with E-state index < -0.39 is 29.2 Å². The van der Waals surface area contributed by atoms with E-state index in [1.807, 2.05) is 0 Å². The highest BCUT2D eigenvalue weighted by molar-refractivity contribution is 7.86. The smallest absolute Gasteiger partial charge is 0.422 e. The van der Waals surface area contributed by atoms with Crippen LogP contribution in [0.25, 0.3) is 0 Å². The summed E-state index contributed by atoms with van der Waals surface area (Å²) in [5.74, 6) is -0.132. The Morgan fingerprint density at radius 1 is 1.32 bits per heavy atom. The highest BCUT2D eigenvalue weighted by atomic mass is 32.2. The van der Waals surface area contributed by atoms with Crippen LogP contribution in [0.3, 0.4) is 0 Å². The van der Waals surface area contributed by atoms with Crippen LogP contribution in [-0.4, -0.2) is 37.6 Å². The van der Waals surface area contributed by atoms with Crippen molar-refractivity contribution in [3.05, 3.63) is 23.9 Å². The number of ether oxygens (including phenoxy) is 1. The molecular weight excluding hydrogens is 319 g/mol. The molecular formula is C14H16F3NO3S. The predicted octanol–water partition coefficient (Wildman–Crippen LogP) is 2.28. The molecule has 1 aromatic rings. The van der Waals surface area contributed by atoms with E-state index >= 15 is 0 Å². The van der Waals surface area contributed by atoms with Crippen molar-refractivity contribution in [2.45, 2.75) is 48.0 Å². The van der Waals surface area contributed by atoms with E-state index in [1.165, 1.54) is 18.3 Å². The molecule has 2 bridgehead atoms. The molecule has 4 nitrogen and oxygen atoms in total. The van der Waals surface area contributed by atoms with Crippen LogP contribution in [0, 0.1) is 0 Å². The lowest BCUT2D eigenvalue weighted by atomic mass is 9.87. The third-order valence-corrected chi connectivity index (χ3v) is 6.37. The number of hydrogen-bond acceptors (Lipinski definition) is 4. The first-order valence-electron chi connectivity index (χ1n) is 7.05. The average Bonchev–Trinajstić information content (AvgIpc) is 2.68. The van der Waals surface area contributed by atoms with Gasteiger partial charge < -0.3 is 9.84 Å². The summed E-state index contributed by atoms with van der Waals surface area (Å²) in [6.07, 6.45) is -0.564. The van der Waals surface area contributed by atoms with Crippen molar-refractivity contribution in [3.8, 4) is 5.88 Å². The predicted molar refractivity (Wildman–Crippen MR) is 73.9 cm³/mol. The lowest BCUT2D eigenvalue weighted by Gasteiger charge is -2.36. The Balaban J connectivity index is 1.71. The number of alkyl halides is 3. The number of nitrogens with zero attached hydrogens (tertiary/aromatic N) is 1. The van der Waals surface area contributed by atoms with Crippen LogP contribution >= 0.6 is 0 Å². The molecule has 2 aliphatic rings. The second kappa shape index (κ2) is 5.49. The van der Waals surface area contributed by atoms with Gasteiger partial charge in [0.25, 0.3) is 0 Å². The molecule has 2 aliphatic heterocycles. The molecule has 2 atom stereocenters. The van der Waals surface area contributed by atoms with Crippen LogP contribution in [0.1, 0.15) is 31.2 Å². The number of halogens is 3. The van der Waals surface area contributed by atoms with Gasteiger partial charge in [0.15, 0.2) is 6.61 Å². The zero-order valence-electron chi connectivity index (χ0n) is 11.7. The summed E-state index contributed by atoms with van der Waals surface area (Å²) >= 11 is 0. The Bertz CT molecular complexity index is 560. The van der Waals surface area contributed by atoms with Gasteiger partial charge in [0.2, 0.25) is 5.88 Å². The van der Waals surface area contributed by atoms with Crippen molar-refractivity contribution >= 4 is 10.8 Å². The first-order chi connectivity index (χ1) is 10.3. The highest BCUT2D eigenvalue weighted by Crippen LogP contribution is 2.45. The summed E-state index contributed by atoms with van der Waals surface area (Å²) in [5.41, 5.74) is -0.560. The quantitative estimate of drug-likeness (QED) is 0.921. The van der Waals surface area contributed by atoms with Gasteiger partial charge in [-0.1, -0.05) is 0 Å². The molecule has 0 aromatic carbocycles. The molecule has 0 aliphatic carbocycles. The maximum Gasteiger partial charge on any atom is 0.422 e. The van der Waals surface area contributed by atoms with Gasteiger partial charge in [0.1, 0.15) is 0 Å². The summed E-state index contributed by atoms with van der Waals surface area (Å²) in [6, 6.07) is 2.86. The molecule has 2 unspecified atom stereocenters. The van der Waals surface area contributed by atoms with E-state index in [-0.39, 0.29) is 16.4 Å². The Kier molecular flexibility index (Phi) is 3.92. The van der Waals surface area contributed by atoms with Crippen molar-refractivity contribution in [2.75, 3.05) is 6.61 Å². The molecule has 3 rings (SSSR count). The number of pyridine rings is 1. The zero-order chi connectivity index (χ0) is 16.0. The van der Waals surface area contributed by atoms with Gasteiger partial charge in [-0.25, -0.2) is 4.98 Å². The van der Waals surface area contributed by atoms with Crippen molar-refractivity contribution < 1.29 is 27.2 Å². The van der Waals surface area contributed by atoms with Crippen molar-refractivity contribution in [1.82, 2.24) is 4.98 Å². The van der Waals surface area contributed by atoms with Crippen molar-refractivity contribution in [3.63, 3.8) is 0 Å². The SMILES string of the molecule is O=S1C2CCC1CC(O)(c1ccc(OCC(F)(F)F)nc1)C2. The Morgan fingerprint density at radius 3 is 2.45 bits per heavy atom. The fourth-order valence-electron chi connectivity index (χ4n) is 3.21. The standard InChI is InChI=1S/C14H16F3NO3S/c15-14(16,17)8-21-12-4-1-9(7-18-12)13(19)5-10-2-3-11(6-13)22(10)20/h1,4,7,10-11,19H,2-3,5-6,8H2. The van der Waals surface area contributed by atoms with Crippen molar-refractivity contribution in [2.24, 2.45) is 0 Å². The lowest BCUT2D eigenvalue weighted by Crippen LogP contribution is -2.40. The molecule has 0 radical (unpaired) electrons. The number of aromatic nitrogens is 1. The van der Waals surface area contributed by atoms with Crippen LogP contribution in [-0.2, 0) is 16.4 Å². The van der Waals surface area contributed by atoms with Crippen LogP contribution in [0.5, 0.6) is 5.88 Å². The first-order valence-corrected chi connectivity index (χ1v) is 8.32. The third kappa shape index (κ3) is 3.12. The van der Waals surface area contributed by atoms with Gasteiger partial charge in [0, 0.05) is 39.1 Å². The summed E-state index contributed by atoms with van der Waals surface area (Å²) in [4.78, 5) is 3.83. The second-order valence-corrected chi connectivity index (χ2v) is 7.87. The fraction of sp³-hybridized carbons (Fsp3) is 0.643. The maximum atomic E-state index is 12.1. The minimum Gasteiger partial charge on any atom is -0.468 e. The molecule has 0 spiro atoms. The minimum absolute atomic E-state index is 0.00935. The molecule has 8 heteroatoms. The van der Waals surface area contributed by atoms with E-state index in [2.05, 4.69) is 9.72 Å². The molecule has 22 heavy (non-hydrogen) atoms. The lowest BCUT2D eigenvalue weighted by molar-refractivity contribution is -0.154. The summed E-state index contributed by atoms with van der Waals surface area (Å²) < 4.78 is 52.8. The van der Waals surface area contributed by atoms with E-state index in [4.69, 9.17) is 0 Å². The largest absolute Gasteiger partial charge is 0.468 e. The molecule has 0 saturated carbocycles. The normalized spacial score (nSPS) is 34.6. The van der Waals surface area contributed by atoms with Gasteiger partial charge in [-0.2, -0.15) is 13.2 Å². The van der Waals surface area contributed by atoms with Crippen molar-refractivity contribution in [1.29, 1.82) is 0 Å². The second-order valence-electron chi connectivity index (χ2n) is 5.88. The number of fused-ring (bicyclic) bond motifs is 2. The van der Waals surface area contributed by atoms with Gasteiger partial charge in [-0.05, 0) is 31.7 Å². The molecule has 2 fully saturated rings. The monoisotopic (exact) mass is 335 g/mol. The Morgan fingerprint density at radius 2 is 1.95 bits per heavy atom. The fourth-order valence-corrected chi connectivity index (χ4v) is 5.37. The van der Waals surface area contributed by atoms with Crippen LogP contribution < -0.4 is 4.74 Å². The summed E-state index contributed by atoms with van der Waals surface area (Å²) in [5, 5.41) is 10.8. The molecule has 2 saturated heterocycles. The zero-order valence-corrected chi connectivity index (χ0v) is 12.5. The molecule has 3 heterocycles.